The number of ether oxygens (including phenoxy) is 4. The number of carbonyl (C=O) groups is 2. The van der Waals surface area contributed by atoms with Gasteiger partial charge in [0.2, 0.25) is 5.91 Å². The van der Waals surface area contributed by atoms with Crippen molar-refractivity contribution in [2.75, 3.05) is 51.4 Å². The highest BCUT2D eigenvalue weighted by atomic mass is 31.3. The van der Waals surface area contributed by atoms with E-state index in [1.54, 1.807) is 35.0 Å². The Kier molecular flexibility index (Phi) is 18.1. The summed E-state index contributed by atoms with van der Waals surface area (Å²) in [5.41, 5.74) is 22.3. The smallest absolute Gasteiger partial charge is 0.490 e. The number of azide groups is 1. The summed E-state index contributed by atoms with van der Waals surface area (Å²) in [6.07, 6.45) is 0.449. The molecular weight excluding hydrogens is 861 g/mol. The van der Waals surface area contributed by atoms with Crippen molar-refractivity contribution in [2.24, 2.45) is 21.6 Å². The average molecular weight is 907 g/mol. The fourth-order valence-electron chi connectivity index (χ4n) is 5.45. The van der Waals surface area contributed by atoms with Crippen LogP contribution >= 0.6 is 23.5 Å². The normalized spacial score (nSPS) is 19.8. The SMILES string of the molecule is CCCCNC(=O)c1cccc(OCC(N=[N+]=[N-])OCCOCC(=O)NCC#Cc2cn([C@H]3CC[C@@H](COP(=O)(O)OP(=O)(O)OP(=O)(O)O)O3)c3c2C(N)N=C(N)N3)c1. The molecule has 11 N–H and O–H groups in total. The summed E-state index contributed by atoms with van der Waals surface area (Å²) in [7, 11) is -16.6. The highest BCUT2D eigenvalue weighted by Gasteiger charge is 2.42. The van der Waals surface area contributed by atoms with Crippen LogP contribution in [0, 0.1) is 11.8 Å². The molecule has 4 rings (SSSR count). The van der Waals surface area contributed by atoms with Crippen molar-refractivity contribution >= 4 is 47.1 Å². The van der Waals surface area contributed by atoms with Gasteiger partial charge in [0.15, 0.2) is 12.2 Å². The van der Waals surface area contributed by atoms with Gasteiger partial charge in [-0.25, -0.2) is 18.7 Å². The minimum Gasteiger partial charge on any atom is -0.491 e. The van der Waals surface area contributed by atoms with Gasteiger partial charge in [-0.15, -0.1) is 0 Å². The highest BCUT2D eigenvalue weighted by molar-refractivity contribution is 7.66. The van der Waals surface area contributed by atoms with Crippen molar-refractivity contribution in [1.29, 1.82) is 0 Å². The number of nitrogens with one attached hydrogen (secondary N) is 3. The molecule has 2 aromatic rings. The zero-order chi connectivity index (χ0) is 43.9. The fourth-order valence-corrected chi connectivity index (χ4v) is 8.50. The van der Waals surface area contributed by atoms with E-state index in [0.29, 0.717) is 41.2 Å². The number of unbranched alkanes of at least 4 members (excludes halogenated alkanes) is 1. The van der Waals surface area contributed by atoms with Gasteiger partial charge in [0, 0.05) is 28.8 Å². The number of guanidine groups is 1. The number of amides is 2. The number of phosphoric acid groups is 3. The summed E-state index contributed by atoms with van der Waals surface area (Å²) >= 11 is 0. The van der Waals surface area contributed by atoms with Crippen LogP contribution in [0.15, 0.2) is 40.6 Å². The lowest BCUT2D eigenvalue weighted by Gasteiger charge is -2.23. The van der Waals surface area contributed by atoms with Crippen LogP contribution in [0.5, 0.6) is 5.75 Å². The van der Waals surface area contributed by atoms with Crippen LogP contribution in [0.4, 0.5) is 5.82 Å². The van der Waals surface area contributed by atoms with Gasteiger partial charge in [-0.3, -0.25) is 14.1 Å². The summed E-state index contributed by atoms with van der Waals surface area (Å²) in [4.78, 5) is 68.1. The number of hydrogen-bond acceptors (Lipinski definition) is 17. The zero-order valence-corrected chi connectivity index (χ0v) is 34.6. The molecule has 26 nitrogen and oxygen atoms in total. The predicted molar refractivity (Wildman–Crippen MR) is 208 cm³/mol. The van der Waals surface area contributed by atoms with Crippen LogP contribution in [0.2, 0.25) is 0 Å². The van der Waals surface area contributed by atoms with Crippen molar-refractivity contribution in [1.82, 2.24) is 15.2 Å². The molecule has 4 unspecified atom stereocenters. The number of fused-ring (bicyclic) bond motifs is 1. The Labute approximate surface area is 342 Å². The first-order chi connectivity index (χ1) is 28.4. The van der Waals surface area contributed by atoms with Gasteiger partial charge in [-0.2, -0.15) is 8.62 Å². The zero-order valence-electron chi connectivity index (χ0n) is 31.9. The van der Waals surface area contributed by atoms with Crippen LogP contribution in [0.1, 0.15) is 66.5 Å². The molecule has 0 radical (unpaired) electrons. The van der Waals surface area contributed by atoms with E-state index in [0.717, 1.165) is 12.8 Å². The maximum Gasteiger partial charge on any atom is 0.490 e. The number of hydrogen-bond donors (Lipinski definition) is 9. The Morgan fingerprint density at radius 2 is 1.95 bits per heavy atom. The van der Waals surface area contributed by atoms with Crippen LogP contribution in [-0.2, 0) is 45.8 Å². The summed E-state index contributed by atoms with van der Waals surface area (Å²) in [6.45, 7) is 1.31. The van der Waals surface area contributed by atoms with Gasteiger partial charge in [-0.1, -0.05) is 36.4 Å². The molecule has 1 saturated heterocycles. The van der Waals surface area contributed by atoms with E-state index in [4.69, 9.17) is 50.3 Å². The highest BCUT2D eigenvalue weighted by Crippen LogP contribution is 2.66. The minimum atomic E-state index is -5.68. The molecular formula is C31H45N10O16P3. The quantitative estimate of drug-likeness (QED) is 0.0192. The van der Waals surface area contributed by atoms with Gasteiger partial charge in [0.05, 0.1) is 38.0 Å². The van der Waals surface area contributed by atoms with Crippen molar-refractivity contribution in [3.05, 3.63) is 57.6 Å². The molecule has 1 aromatic carbocycles. The first kappa shape index (κ1) is 48.3. The first-order valence-electron chi connectivity index (χ1n) is 17.9. The van der Waals surface area contributed by atoms with Gasteiger partial charge in [0.1, 0.15) is 37.2 Å². The standard InChI is InChI=1S/C31H45N10O16P3/c1-2-3-11-36-30(43)20-6-4-8-22(15-20)53-19-25(39-40-34)52-14-13-51-18-24(42)35-12-5-7-21-16-41(29-27(21)28(32)37-31(33)38-29)26-10-9-23(55-26)17-54-59(47,48)57-60(49,50)56-58(44,45)46/h4,6,8,15-16,23,25-26,28H,2-3,9-14,17-19,32H2,1H3,(H,35,42)(H,36,43)(H,47,48)(H,49,50)(H3,33,37,38)(H2,44,45,46)/t23-,25?,26+,28?/m0/s1. The Morgan fingerprint density at radius 3 is 2.68 bits per heavy atom. The number of nitrogens with two attached hydrogens (primary N) is 2. The molecule has 1 fully saturated rings. The fraction of sp³-hybridized carbons (Fsp3) is 0.516. The molecule has 60 heavy (non-hydrogen) atoms. The van der Waals surface area contributed by atoms with Gasteiger partial charge in [-0.05, 0) is 43.0 Å². The topological polar surface area (TPSA) is 385 Å². The molecule has 2 amide bonds. The molecule has 3 heterocycles. The summed E-state index contributed by atoms with van der Waals surface area (Å²) in [5.74, 6) is 5.78. The summed E-state index contributed by atoms with van der Waals surface area (Å²) in [5, 5.41) is 11.9. The van der Waals surface area contributed by atoms with E-state index in [1.807, 2.05) is 6.92 Å². The Bertz CT molecular complexity index is 2120. The van der Waals surface area contributed by atoms with Crippen molar-refractivity contribution in [3.8, 4) is 17.6 Å². The van der Waals surface area contributed by atoms with Crippen molar-refractivity contribution < 1.29 is 75.0 Å². The predicted octanol–water partition coefficient (Wildman–Crippen LogP) is 1.95. The van der Waals surface area contributed by atoms with Gasteiger partial charge >= 0.3 is 23.5 Å². The third kappa shape index (κ3) is 15.9. The molecule has 2 aliphatic rings. The van der Waals surface area contributed by atoms with Crippen LogP contribution in [0.3, 0.4) is 0 Å². The lowest BCUT2D eigenvalue weighted by atomic mass is 10.1. The van der Waals surface area contributed by atoms with Crippen LogP contribution < -0.4 is 32.2 Å². The second kappa shape index (κ2) is 22.5. The number of aliphatic imine (C=N–C) groups is 1. The Hall–Kier alpha value is -4.37. The number of benzene rings is 1. The maximum absolute atomic E-state index is 12.4. The largest absolute Gasteiger partial charge is 0.491 e. The van der Waals surface area contributed by atoms with Gasteiger partial charge < -0.3 is 70.5 Å². The molecule has 0 spiro atoms. The van der Waals surface area contributed by atoms with E-state index in [9.17, 15) is 33.1 Å². The van der Waals surface area contributed by atoms with E-state index in [1.165, 1.54) is 0 Å². The third-order valence-corrected chi connectivity index (χ3v) is 11.8. The summed E-state index contributed by atoms with van der Waals surface area (Å²) in [6, 6.07) is 6.52. The van der Waals surface area contributed by atoms with E-state index in [-0.39, 0.29) is 51.3 Å². The molecule has 2 aliphatic heterocycles. The number of anilines is 1. The number of rotatable bonds is 23. The molecule has 0 saturated carbocycles. The second-order valence-electron chi connectivity index (χ2n) is 12.6. The molecule has 330 valence electrons. The molecule has 0 aliphatic carbocycles. The third-order valence-electron chi connectivity index (χ3n) is 7.98. The van der Waals surface area contributed by atoms with Crippen LogP contribution in [0.25, 0.3) is 10.4 Å². The number of nitrogens with zero attached hydrogens (tertiary/aromatic N) is 5. The van der Waals surface area contributed by atoms with Gasteiger partial charge in [0.25, 0.3) is 5.91 Å². The average Bonchev–Trinajstić information content (AvgIpc) is 3.78. The minimum absolute atomic E-state index is 0.00107. The first-order valence-corrected chi connectivity index (χ1v) is 22.4. The van der Waals surface area contributed by atoms with E-state index in [2.05, 4.69) is 51.4 Å². The number of phosphoric ester groups is 1. The number of aromatic nitrogens is 1. The monoisotopic (exact) mass is 906 g/mol. The molecule has 0 bridgehead atoms. The Balaban J connectivity index is 1.22. The van der Waals surface area contributed by atoms with Crippen molar-refractivity contribution in [3.63, 3.8) is 0 Å². The number of carbonyl (C=O) groups excluding carboxylic acids is 2. The Morgan fingerprint density at radius 1 is 1.17 bits per heavy atom. The lowest BCUT2D eigenvalue weighted by Crippen LogP contribution is -2.32. The van der Waals surface area contributed by atoms with Crippen molar-refractivity contribution in [2.45, 2.75) is 57.3 Å². The molecule has 29 heteroatoms. The maximum atomic E-state index is 12.4. The van der Waals surface area contributed by atoms with E-state index < -0.39 is 60.7 Å². The van der Waals surface area contributed by atoms with E-state index >= 15 is 0 Å². The van der Waals surface area contributed by atoms with Crippen LogP contribution in [-0.4, -0.2) is 100 Å². The summed E-state index contributed by atoms with van der Waals surface area (Å²) < 4.78 is 70.8. The second-order valence-corrected chi connectivity index (χ2v) is 17.0. The lowest BCUT2D eigenvalue weighted by molar-refractivity contribution is -0.126. The molecule has 6 atom stereocenters. The molecule has 1 aromatic heterocycles.